The normalized spacial score (nSPS) is 11.6. The summed E-state index contributed by atoms with van der Waals surface area (Å²) in [7, 11) is 0. The van der Waals surface area contributed by atoms with E-state index in [2.05, 4.69) is 4.98 Å². The minimum Gasteiger partial charge on any atom is -0.346 e. The summed E-state index contributed by atoms with van der Waals surface area (Å²) >= 11 is 12.7. The molecule has 0 bridgehead atoms. The molecule has 1 aromatic heterocycles. The Morgan fingerprint density at radius 3 is 2.41 bits per heavy atom. The fourth-order valence-electron chi connectivity index (χ4n) is 2.43. The summed E-state index contributed by atoms with van der Waals surface area (Å²) < 4.78 is 38.1. The number of thioether (sulfide) groups is 1. The summed E-state index contributed by atoms with van der Waals surface area (Å²) in [4.78, 5) is 29.2. The summed E-state index contributed by atoms with van der Waals surface area (Å²) in [5.41, 5.74) is 0.347. The highest BCUT2D eigenvalue weighted by molar-refractivity contribution is 7.99. The average molecular weight is 462 g/mol. The van der Waals surface area contributed by atoms with Crippen molar-refractivity contribution in [1.29, 1.82) is 0 Å². The standard InChI is InChI=1S/C18H12Cl2F3N3O2S/c19-10-1-4-12(5-2-10)26-16(28)13-6-3-11(20)7-14(13)25-17(26)29-8-15(27)24-9-18(21,22)23/h1-7H,8-9H2,(H,24,27). The Kier molecular flexibility index (Phi) is 6.40. The van der Waals surface area contributed by atoms with E-state index >= 15 is 0 Å². The van der Waals surface area contributed by atoms with Crippen molar-refractivity contribution in [2.75, 3.05) is 12.3 Å². The number of carbonyl (C=O) groups excluding carboxylic acids is 1. The molecule has 29 heavy (non-hydrogen) atoms. The molecule has 0 aliphatic carbocycles. The molecule has 2 aromatic carbocycles. The monoisotopic (exact) mass is 461 g/mol. The molecule has 152 valence electrons. The molecule has 0 saturated carbocycles. The molecule has 1 N–H and O–H groups in total. The van der Waals surface area contributed by atoms with E-state index in [1.807, 2.05) is 0 Å². The zero-order valence-electron chi connectivity index (χ0n) is 14.5. The van der Waals surface area contributed by atoms with Crippen molar-refractivity contribution in [2.45, 2.75) is 11.3 Å². The van der Waals surface area contributed by atoms with E-state index in [-0.39, 0.29) is 10.9 Å². The molecule has 0 radical (unpaired) electrons. The highest BCUT2D eigenvalue weighted by Crippen LogP contribution is 2.24. The Morgan fingerprint density at radius 1 is 1.10 bits per heavy atom. The van der Waals surface area contributed by atoms with E-state index in [1.54, 1.807) is 35.6 Å². The van der Waals surface area contributed by atoms with Gasteiger partial charge in [0.15, 0.2) is 5.16 Å². The minimum atomic E-state index is -4.51. The lowest BCUT2D eigenvalue weighted by molar-refractivity contribution is -0.136. The Balaban J connectivity index is 1.99. The fourth-order valence-corrected chi connectivity index (χ4v) is 3.57. The van der Waals surface area contributed by atoms with Crippen molar-refractivity contribution < 1.29 is 18.0 Å². The number of nitrogens with zero attached hydrogens (tertiary/aromatic N) is 2. The predicted molar refractivity (Wildman–Crippen MR) is 107 cm³/mol. The number of carbonyl (C=O) groups is 1. The van der Waals surface area contributed by atoms with Crippen LogP contribution >= 0.6 is 35.0 Å². The molecule has 0 spiro atoms. The van der Waals surface area contributed by atoms with Crippen molar-refractivity contribution in [3.8, 4) is 5.69 Å². The number of halogens is 5. The number of hydrogen-bond acceptors (Lipinski definition) is 4. The zero-order valence-corrected chi connectivity index (χ0v) is 16.8. The van der Waals surface area contributed by atoms with Gasteiger partial charge in [-0.1, -0.05) is 35.0 Å². The number of alkyl halides is 3. The molecule has 0 unspecified atom stereocenters. The van der Waals surface area contributed by atoms with Gasteiger partial charge in [-0.05, 0) is 42.5 Å². The summed E-state index contributed by atoms with van der Waals surface area (Å²) in [5, 5.41) is 3.05. The minimum absolute atomic E-state index is 0.134. The predicted octanol–water partition coefficient (Wildman–Crippen LogP) is 4.46. The molecule has 1 heterocycles. The Hall–Kier alpha value is -2.23. The van der Waals surface area contributed by atoms with Gasteiger partial charge in [0, 0.05) is 10.0 Å². The number of rotatable bonds is 5. The van der Waals surface area contributed by atoms with E-state index in [1.165, 1.54) is 16.7 Å². The Morgan fingerprint density at radius 2 is 1.76 bits per heavy atom. The van der Waals surface area contributed by atoms with Crippen LogP contribution < -0.4 is 10.9 Å². The van der Waals surface area contributed by atoms with E-state index in [9.17, 15) is 22.8 Å². The first-order valence-electron chi connectivity index (χ1n) is 8.08. The van der Waals surface area contributed by atoms with Gasteiger partial charge in [0.25, 0.3) is 5.56 Å². The van der Waals surface area contributed by atoms with E-state index < -0.39 is 24.2 Å². The van der Waals surface area contributed by atoms with Gasteiger partial charge in [-0.25, -0.2) is 4.98 Å². The highest BCUT2D eigenvalue weighted by atomic mass is 35.5. The lowest BCUT2D eigenvalue weighted by Crippen LogP contribution is -2.35. The number of amides is 1. The maximum atomic E-state index is 13.0. The third-order valence-corrected chi connectivity index (χ3v) is 5.13. The Bertz CT molecular complexity index is 1120. The fraction of sp³-hybridized carbons (Fsp3) is 0.167. The van der Waals surface area contributed by atoms with E-state index in [0.29, 0.717) is 26.6 Å². The van der Waals surface area contributed by atoms with E-state index in [4.69, 9.17) is 23.2 Å². The largest absolute Gasteiger partial charge is 0.405 e. The van der Waals surface area contributed by atoms with Crippen LogP contribution in [0.15, 0.2) is 52.4 Å². The quantitative estimate of drug-likeness (QED) is 0.449. The first-order chi connectivity index (χ1) is 13.6. The number of nitrogens with one attached hydrogen (secondary N) is 1. The van der Waals surface area contributed by atoms with Crippen LogP contribution in [0.25, 0.3) is 16.6 Å². The van der Waals surface area contributed by atoms with Crippen LogP contribution in [0.1, 0.15) is 0 Å². The van der Waals surface area contributed by atoms with Crippen molar-refractivity contribution >= 4 is 51.8 Å². The van der Waals surface area contributed by atoms with Crippen LogP contribution in [0.3, 0.4) is 0 Å². The smallest absolute Gasteiger partial charge is 0.346 e. The summed E-state index contributed by atoms with van der Waals surface area (Å²) in [6.45, 7) is -1.43. The average Bonchev–Trinajstić information content (AvgIpc) is 2.65. The van der Waals surface area contributed by atoms with Crippen LogP contribution in [0.5, 0.6) is 0 Å². The van der Waals surface area contributed by atoms with Crippen molar-refractivity contribution in [3.05, 3.63) is 62.9 Å². The van der Waals surface area contributed by atoms with Gasteiger partial charge < -0.3 is 5.32 Å². The molecule has 1 amide bonds. The van der Waals surface area contributed by atoms with Crippen LogP contribution in [0, 0.1) is 0 Å². The SMILES string of the molecule is O=C(CSc1nc2cc(Cl)ccc2c(=O)n1-c1ccc(Cl)cc1)NCC(F)(F)F. The molecule has 3 rings (SSSR count). The zero-order chi connectivity index (χ0) is 21.2. The number of aromatic nitrogens is 2. The van der Waals surface area contributed by atoms with Gasteiger partial charge in [-0.3, -0.25) is 14.2 Å². The summed E-state index contributed by atoms with van der Waals surface area (Å²) in [5.74, 6) is -1.20. The molecule has 0 fully saturated rings. The van der Waals surface area contributed by atoms with Crippen molar-refractivity contribution in [2.24, 2.45) is 0 Å². The van der Waals surface area contributed by atoms with Crippen LogP contribution in [-0.4, -0.2) is 33.9 Å². The molecule has 0 atom stereocenters. The highest BCUT2D eigenvalue weighted by Gasteiger charge is 2.27. The molecule has 0 aliphatic heterocycles. The summed E-state index contributed by atoms with van der Waals surface area (Å²) in [6.07, 6.45) is -4.51. The van der Waals surface area contributed by atoms with Gasteiger partial charge in [0.2, 0.25) is 5.91 Å². The topological polar surface area (TPSA) is 64.0 Å². The molecule has 3 aromatic rings. The number of hydrogen-bond donors (Lipinski definition) is 1. The molecule has 0 saturated heterocycles. The van der Waals surface area contributed by atoms with E-state index in [0.717, 1.165) is 11.8 Å². The van der Waals surface area contributed by atoms with Gasteiger partial charge in [0.1, 0.15) is 6.54 Å². The second-order valence-electron chi connectivity index (χ2n) is 5.85. The third-order valence-electron chi connectivity index (χ3n) is 3.70. The Labute approximate surface area is 176 Å². The number of benzene rings is 2. The molecular formula is C18H12Cl2F3N3O2S. The summed E-state index contributed by atoms with van der Waals surface area (Å²) in [6, 6.07) is 10.9. The van der Waals surface area contributed by atoms with Crippen LogP contribution in [-0.2, 0) is 4.79 Å². The second-order valence-corrected chi connectivity index (χ2v) is 7.67. The van der Waals surface area contributed by atoms with Gasteiger partial charge in [-0.15, -0.1) is 0 Å². The first kappa shape index (κ1) is 21.5. The number of fused-ring (bicyclic) bond motifs is 1. The van der Waals surface area contributed by atoms with Crippen molar-refractivity contribution in [1.82, 2.24) is 14.9 Å². The maximum Gasteiger partial charge on any atom is 0.405 e. The second kappa shape index (κ2) is 8.64. The molecular weight excluding hydrogens is 450 g/mol. The maximum absolute atomic E-state index is 13.0. The van der Waals surface area contributed by atoms with Gasteiger partial charge >= 0.3 is 6.18 Å². The molecule has 0 aliphatic rings. The lowest BCUT2D eigenvalue weighted by Gasteiger charge is -2.14. The van der Waals surface area contributed by atoms with Crippen LogP contribution in [0.4, 0.5) is 13.2 Å². The molecule has 11 heteroatoms. The molecule has 5 nitrogen and oxygen atoms in total. The van der Waals surface area contributed by atoms with Crippen LogP contribution in [0.2, 0.25) is 10.0 Å². The lowest BCUT2D eigenvalue weighted by atomic mass is 10.2. The van der Waals surface area contributed by atoms with Gasteiger partial charge in [0.05, 0.1) is 22.3 Å². The van der Waals surface area contributed by atoms with Crippen molar-refractivity contribution in [3.63, 3.8) is 0 Å². The van der Waals surface area contributed by atoms with Gasteiger partial charge in [-0.2, -0.15) is 13.2 Å². The third kappa shape index (κ3) is 5.43. The first-order valence-corrected chi connectivity index (χ1v) is 9.83.